The highest BCUT2D eigenvalue weighted by Crippen LogP contribution is 2.24. The first-order chi connectivity index (χ1) is 9.52. The highest BCUT2D eigenvalue weighted by Gasteiger charge is 2.13. The molecule has 0 aliphatic rings. The third-order valence-corrected chi connectivity index (χ3v) is 3.94. The number of rotatable bonds is 9. The number of thioether (sulfide) groups is 1. The van der Waals surface area contributed by atoms with Gasteiger partial charge in [0.25, 0.3) is 0 Å². The van der Waals surface area contributed by atoms with Gasteiger partial charge in [0.1, 0.15) is 5.75 Å². The summed E-state index contributed by atoms with van der Waals surface area (Å²) in [5.41, 5.74) is 1.21. The first kappa shape index (κ1) is 17.3. The topological polar surface area (TPSA) is 34.2 Å². The Bertz CT molecular complexity index is 382. The monoisotopic (exact) mass is 296 g/mol. The third kappa shape index (κ3) is 6.62. The summed E-state index contributed by atoms with van der Waals surface area (Å²) in [6, 6.07) is 2.45. The molecule has 1 N–H and O–H groups in total. The second-order valence-electron chi connectivity index (χ2n) is 5.51. The predicted octanol–water partition coefficient (Wildman–Crippen LogP) is 4.05. The summed E-state index contributed by atoms with van der Waals surface area (Å²) >= 11 is 1.97. The predicted molar refractivity (Wildman–Crippen MR) is 88.6 cm³/mol. The van der Waals surface area contributed by atoms with E-state index in [9.17, 15) is 0 Å². The molecule has 0 aliphatic heterocycles. The van der Waals surface area contributed by atoms with Crippen molar-refractivity contribution < 1.29 is 4.74 Å². The normalized spacial score (nSPS) is 12.9. The quantitative estimate of drug-likeness (QED) is 0.745. The van der Waals surface area contributed by atoms with Gasteiger partial charge in [0.15, 0.2) is 0 Å². The van der Waals surface area contributed by atoms with Gasteiger partial charge in [-0.25, -0.2) is 0 Å². The van der Waals surface area contributed by atoms with Gasteiger partial charge in [0.05, 0.1) is 12.3 Å². The Balaban J connectivity index is 2.77. The van der Waals surface area contributed by atoms with Crippen LogP contribution in [0.2, 0.25) is 0 Å². The first-order valence-corrected chi connectivity index (χ1v) is 8.54. The lowest BCUT2D eigenvalue weighted by atomic mass is 10.1. The molecule has 0 aromatic carbocycles. The minimum atomic E-state index is 0.180. The highest BCUT2D eigenvalue weighted by atomic mass is 32.2. The molecule has 3 nitrogen and oxygen atoms in total. The minimum Gasteiger partial charge on any atom is -0.489 e. The van der Waals surface area contributed by atoms with E-state index in [2.05, 4.69) is 37.1 Å². The fourth-order valence-electron chi connectivity index (χ4n) is 1.84. The molecular formula is C16H28N2OS. The van der Waals surface area contributed by atoms with E-state index in [1.165, 1.54) is 5.56 Å². The number of nitrogens with one attached hydrogen (secondary N) is 1. The molecule has 1 atom stereocenters. The molecule has 0 radical (unpaired) electrons. The van der Waals surface area contributed by atoms with E-state index in [1.807, 2.05) is 31.8 Å². The van der Waals surface area contributed by atoms with Crippen LogP contribution in [0.3, 0.4) is 0 Å². The van der Waals surface area contributed by atoms with Crippen molar-refractivity contribution in [3.8, 4) is 5.75 Å². The standard InChI is InChI=1S/C16H28N2OS/c1-6-7-18-16(11-20-13(4)5)14-8-15(10-17-9-14)19-12(2)3/h8-10,12-13,16,18H,6-7,11H2,1-5H3. The molecule has 0 amide bonds. The van der Waals surface area contributed by atoms with E-state index < -0.39 is 0 Å². The molecule has 0 saturated carbocycles. The molecule has 4 heteroatoms. The van der Waals surface area contributed by atoms with E-state index in [0.717, 1.165) is 24.5 Å². The van der Waals surface area contributed by atoms with Crippen LogP contribution in [0.25, 0.3) is 0 Å². The summed E-state index contributed by atoms with van der Waals surface area (Å²) in [4.78, 5) is 4.32. The van der Waals surface area contributed by atoms with E-state index in [-0.39, 0.29) is 6.10 Å². The van der Waals surface area contributed by atoms with Crippen molar-refractivity contribution in [2.24, 2.45) is 0 Å². The minimum absolute atomic E-state index is 0.180. The summed E-state index contributed by atoms with van der Waals surface area (Å²) in [6.07, 6.45) is 5.05. The Morgan fingerprint density at radius 2 is 2.00 bits per heavy atom. The molecule has 0 aliphatic carbocycles. The van der Waals surface area contributed by atoms with Gasteiger partial charge >= 0.3 is 0 Å². The van der Waals surface area contributed by atoms with Gasteiger partial charge in [-0.2, -0.15) is 11.8 Å². The van der Waals surface area contributed by atoms with Crippen LogP contribution in [0.1, 0.15) is 52.6 Å². The SMILES string of the molecule is CCCNC(CSC(C)C)c1cncc(OC(C)C)c1. The maximum Gasteiger partial charge on any atom is 0.138 e. The van der Waals surface area contributed by atoms with Gasteiger partial charge < -0.3 is 10.1 Å². The Morgan fingerprint density at radius 1 is 1.25 bits per heavy atom. The van der Waals surface area contributed by atoms with Crippen LogP contribution < -0.4 is 10.1 Å². The highest BCUT2D eigenvalue weighted by molar-refractivity contribution is 7.99. The molecule has 1 unspecified atom stereocenters. The fourth-order valence-corrected chi connectivity index (χ4v) is 2.73. The smallest absolute Gasteiger partial charge is 0.138 e. The number of nitrogens with zero attached hydrogens (tertiary/aromatic N) is 1. The van der Waals surface area contributed by atoms with Crippen LogP contribution in [0.4, 0.5) is 0 Å². The van der Waals surface area contributed by atoms with E-state index in [4.69, 9.17) is 4.74 Å². The number of hydrogen-bond donors (Lipinski definition) is 1. The number of aromatic nitrogens is 1. The van der Waals surface area contributed by atoms with Crippen LogP contribution in [0.5, 0.6) is 5.75 Å². The van der Waals surface area contributed by atoms with Crippen molar-refractivity contribution in [1.29, 1.82) is 0 Å². The van der Waals surface area contributed by atoms with E-state index >= 15 is 0 Å². The summed E-state index contributed by atoms with van der Waals surface area (Å²) in [5, 5.41) is 4.25. The maximum absolute atomic E-state index is 5.74. The van der Waals surface area contributed by atoms with Gasteiger partial charge in [-0.05, 0) is 43.7 Å². The average molecular weight is 296 g/mol. The molecule has 114 valence electrons. The summed E-state index contributed by atoms with van der Waals surface area (Å²) in [6.45, 7) is 11.8. The zero-order valence-electron chi connectivity index (χ0n) is 13.3. The van der Waals surface area contributed by atoms with Crippen molar-refractivity contribution in [3.63, 3.8) is 0 Å². The van der Waals surface area contributed by atoms with Crippen LogP contribution in [-0.2, 0) is 0 Å². The molecule has 1 heterocycles. The third-order valence-electron chi connectivity index (χ3n) is 2.75. The van der Waals surface area contributed by atoms with Gasteiger partial charge in [-0.1, -0.05) is 20.8 Å². The Hall–Kier alpha value is -0.740. The molecule has 1 aromatic heterocycles. The largest absolute Gasteiger partial charge is 0.489 e. The maximum atomic E-state index is 5.74. The Morgan fingerprint density at radius 3 is 2.60 bits per heavy atom. The summed E-state index contributed by atoms with van der Waals surface area (Å²) in [7, 11) is 0. The van der Waals surface area contributed by atoms with Crippen molar-refractivity contribution >= 4 is 11.8 Å². The lowest BCUT2D eigenvalue weighted by Crippen LogP contribution is -2.25. The van der Waals surface area contributed by atoms with Crippen molar-refractivity contribution in [2.75, 3.05) is 12.3 Å². The van der Waals surface area contributed by atoms with Crippen molar-refractivity contribution in [1.82, 2.24) is 10.3 Å². The van der Waals surface area contributed by atoms with E-state index in [0.29, 0.717) is 11.3 Å². The Labute approximate surface area is 127 Å². The molecule has 0 bridgehead atoms. The zero-order valence-corrected chi connectivity index (χ0v) is 14.2. The molecular weight excluding hydrogens is 268 g/mol. The van der Waals surface area contributed by atoms with Gasteiger partial charge in [-0.15, -0.1) is 0 Å². The van der Waals surface area contributed by atoms with Gasteiger partial charge in [0, 0.05) is 18.0 Å². The van der Waals surface area contributed by atoms with E-state index in [1.54, 1.807) is 6.20 Å². The molecule has 1 rings (SSSR count). The van der Waals surface area contributed by atoms with Crippen LogP contribution in [0.15, 0.2) is 18.5 Å². The Kier molecular flexibility index (Phi) is 8.00. The summed E-state index contributed by atoms with van der Waals surface area (Å²) in [5.74, 6) is 1.92. The lowest BCUT2D eigenvalue weighted by Gasteiger charge is -2.20. The number of hydrogen-bond acceptors (Lipinski definition) is 4. The molecule has 20 heavy (non-hydrogen) atoms. The average Bonchev–Trinajstić information content (AvgIpc) is 2.38. The van der Waals surface area contributed by atoms with Gasteiger partial charge in [-0.3, -0.25) is 4.98 Å². The van der Waals surface area contributed by atoms with Crippen LogP contribution >= 0.6 is 11.8 Å². The molecule has 0 fully saturated rings. The molecule has 0 saturated heterocycles. The number of ether oxygens (including phenoxy) is 1. The molecule has 0 spiro atoms. The lowest BCUT2D eigenvalue weighted by molar-refractivity contribution is 0.241. The van der Waals surface area contributed by atoms with Gasteiger partial charge in [0.2, 0.25) is 0 Å². The second-order valence-corrected chi connectivity index (χ2v) is 7.12. The summed E-state index contributed by atoms with van der Waals surface area (Å²) < 4.78 is 5.74. The second kappa shape index (κ2) is 9.24. The zero-order chi connectivity index (χ0) is 15.0. The number of pyridine rings is 1. The van der Waals surface area contributed by atoms with Crippen LogP contribution in [0, 0.1) is 0 Å². The first-order valence-electron chi connectivity index (χ1n) is 7.49. The molecule has 1 aromatic rings. The van der Waals surface area contributed by atoms with Crippen LogP contribution in [-0.4, -0.2) is 28.6 Å². The van der Waals surface area contributed by atoms with Crippen molar-refractivity contribution in [2.45, 2.75) is 58.4 Å². The van der Waals surface area contributed by atoms with Crippen molar-refractivity contribution in [3.05, 3.63) is 24.0 Å². The fraction of sp³-hybridized carbons (Fsp3) is 0.688.